The van der Waals surface area contributed by atoms with Crippen molar-refractivity contribution in [1.82, 2.24) is 0 Å². The van der Waals surface area contributed by atoms with E-state index in [2.05, 4.69) is 4.74 Å². The normalized spacial score (nSPS) is 8.86. The fourth-order valence-electron chi connectivity index (χ4n) is 0.495. The minimum absolute atomic E-state index is 0.204. The monoisotopic (exact) mass is 214 g/mol. The molecule has 0 atom stereocenters. The number of carbonyl (C=O) groups excluding carboxylic acids is 2. The third-order valence-corrected chi connectivity index (χ3v) is 2.03. The smallest absolute Gasteiger partial charge is 0.348 e. The van der Waals surface area contributed by atoms with Gasteiger partial charge in [0.1, 0.15) is 11.2 Å². The first-order chi connectivity index (χ1) is 6.61. The van der Waals surface area contributed by atoms with Crippen LogP contribution in [0.5, 0.6) is 0 Å². The molecule has 0 saturated carbocycles. The lowest BCUT2D eigenvalue weighted by Gasteiger charge is -1.90. The van der Waals surface area contributed by atoms with Crippen molar-refractivity contribution in [3.8, 4) is 0 Å². The summed E-state index contributed by atoms with van der Waals surface area (Å²) in [6.07, 6.45) is 0.917. The lowest BCUT2D eigenvalue weighted by atomic mass is 10.3. The molecule has 0 saturated heterocycles. The topological polar surface area (TPSA) is 43.4 Å². The zero-order chi connectivity index (χ0) is 11.0. The molecule has 0 aliphatic rings. The molecular weight excluding hydrogens is 200 g/mol. The Bertz CT molecular complexity index is 265. The van der Waals surface area contributed by atoms with Crippen molar-refractivity contribution in [1.29, 1.82) is 0 Å². The number of carbonyl (C=O) groups is 2. The summed E-state index contributed by atoms with van der Waals surface area (Å²) in [5.74, 6) is -0.0556. The fourth-order valence-corrected chi connectivity index (χ4v) is 1.14. The predicted octanol–water partition coefficient (Wildman–Crippen LogP) is 2.38. The van der Waals surface area contributed by atoms with E-state index in [1.807, 2.05) is 25.3 Å². The summed E-state index contributed by atoms with van der Waals surface area (Å²) in [5, 5.41) is 1.84. The fraction of sp³-hybridized carbons (Fsp3) is 0.400. The van der Waals surface area contributed by atoms with E-state index < -0.39 is 0 Å². The van der Waals surface area contributed by atoms with E-state index in [1.165, 1.54) is 18.4 Å². The van der Waals surface area contributed by atoms with Gasteiger partial charge >= 0.3 is 5.97 Å². The number of aldehydes is 1. The molecule has 0 spiro atoms. The molecule has 4 heteroatoms. The first-order valence-electron chi connectivity index (χ1n) is 4.19. The van der Waals surface area contributed by atoms with E-state index >= 15 is 0 Å². The summed E-state index contributed by atoms with van der Waals surface area (Å²) >= 11 is 1.38. The Kier molecular flexibility index (Phi) is 6.66. The standard InChI is InChI=1S/C6H6O2S.C4H8O/c1-8-6(7)5-3-2-4-9-5;1-4(2)3-5/h2-4H,1H3;3-4H,1-2H3. The molecule has 0 N–H and O–H groups in total. The van der Waals surface area contributed by atoms with Gasteiger partial charge in [0.05, 0.1) is 7.11 Å². The highest BCUT2D eigenvalue weighted by Crippen LogP contribution is 2.08. The number of esters is 1. The zero-order valence-electron chi connectivity index (χ0n) is 8.52. The number of rotatable bonds is 2. The largest absolute Gasteiger partial charge is 0.465 e. The Morgan fingerprint density at radius 1 is 1.57 bits per heavy atom. The van der Waals surface area contributed by atoms with Crippen molar-refractivity contribution in [2.45, 2.75) is 13.8 Å². The summed E-state index contributed by atoms with van der Waals surface area (Å²) in [6, 6.07) is 3.55. The molecule has 1 aromatic rings. The van der Waals surface area contributed by atoms with E-state index in [-0.39, 0.29) is 11.9 Å². The molecule has 3 nitrogen and oxygen atoms in total. The summed E-state index contributed by atoms with van der Waals surface area (Å²) in [5.41, 5.74) is 0. The molecule has 0 unspecified atom stereocenters. The first kappa shape index (κ1) is 12.8. The maximum atomic E-state index is 10.7. The van der Waals surface area contributed by atoms with Crippen molar-refractivity contribution >= 4 is 23.6 Å². The lowest BCUT2D eigenvalue weighted by Crippen LogP contribution is -1.96. The molecule has 0 amide bonds. The van der Waals surface area contributed by atoms with Gasteiger partial charge in [-0.25, -0.2) is 4.79 Å². The van der Waals surface area contributed by atoms with Crippen molar-refractivity contribution < 1.29 is 14.3 Å². The van der Waals surface area contributed by atoms with Crippen LogP contribution >= 0.6 is 11.3 Å². The van der Waals surface area contributed by atoms with Crippen molar-refractivity contribution in [3.05, 3.63) is 22.4 Å². The number of hydrogen-bond donors (Lipinski definition) is 0. The van der Waals surface area contributed by atoms with Gasteiger partial charge in [-0.3, -0.25) is 0 Å². The van der Waals surface area contributed by atoms with E-state index in [9.17, 15) is 9.59 Å². The maximum absolute atomic E-state index is 10.7. The van der Waals surface area contributed by atoms with Crippen LogP contribution in [0.1, 0.15) is 23.5 Å². The van der Waals surface area contributed by atoms with Gasteiger partial charge in [-0.05, 0) is 11.4 Å². The van der Waals surface area contributed by atoms with E-state index in [0.29, 0.717) is 4.88 Å². The average Bonchev–Trinajstić information content (AvgIpc) is 2.70. The van der Waals surface area contributed by atoms with Gasteiger partial charge in [-0.1, -0.05) is 19.9 Å². The van der Waals surface area contributed by atoms with Crippen molar-refractivity contribution in [3.63, 3.8) is 0 Å². The molecule has 0 aromatic carbocycles. The number of hydrogen-bond acceptors (Lipinski definition) is 4. The van der Waals surface area contributed by atoms with Crippen molar-refractivity contribution in [2.75, 3.05) is 7.11 Å². The van der Waals surface area contributed by atoms with Gasteiger partial charge in [0.25, 0.3) is 0 Å². The Morgan fingerprint density at radius 2 is 2.14 bits per heavy atom. The van der Waals surface area contributed by atoms with Gasteiger partial charge in [0.2, 0.25) is 0 Å². The van der Waals surface area contributed by atoms with Crippen LogP contribution in [0.25, 0.3) is 0 Å². The van der Waals surface area contributed by atoms with Gasteiger partial charge in [0.15, 0.2) is 0 Å². The summed E-state index contributed by atoms with van der Waals surface area (Å²) < 4.78 is 4.47. The molecule has 0 bridgehead atoms. The van der Waals surface area contributed by atoms with Crippen LogP contribution in [-0.2, 0) is 9.53 Å². The van der Waals surface area contributed by atoms with Crippen LogP contribution in [0, 0.1) is 5.92 Å². The van der Waals surface area contributed by atoms with Crippen molar-refractivity contribution in [2.24, 2.45) is 5.92 Å². The maximum Gasteiger partial charge on any atom is 0.348 e. The second-order valence-corrected chi connectivity index (χ2v) is 3.80. The van der Waals surface area contributed by atoms with Crippen LogP contribution in [0.2, 0.25) is 0 Å². The second-order valence-electron chi connectivity index (χ2n) is 2.85. The molecule has 0 fully saturated rings. The van der Waals surface area contributed by atoms with E-state index in [4.69, 9.17) is 0 Å². The minimum Gasteiger partial charge on any atom is -0.465 e. The Morgan fingerprint density at radius 3 is 2.43 bits per heavy atom. The molecule has 78 valence electrons. The molecular formula is C10H14O3S. The first-order valence-corrected chi connectivity index (χ1v) is 5.07. The van der Waals surface area contributed by atoms with Crippen LogP contribution < -0.4 is 0 Å². The molecule has 0 radical (unpaired) electrons. The van der Waals surface area contributed by atoms with Crippen LogP contribution in [0.15, 0.2) is 17.5 Å². The predicted molar refractivity (Wildman–Crippen MR) is 56.6 cm³/mol. The Hall–Kier alpha value is -1.16. The summed E-state index contributed by atoms with van der Waals surface area (Å²) in [4.78, 5) is 20.8. The van der Waals surface area contributed by atoms with Gasteiger partial charge in [0, 0.05) is 5.92 Å². The SMILES string of the molecule is CC(C)C=O.COC(=O)c1cccs1. The molecule has 0 aliphatic carbocycles. The Labute approximate surface area is 87.7 Å². The molecule has 0 aliphatic heterocycles. The van der Waals surface area contributed by atoms with Crippen LogP contribution in [0.4, 0.5) is 0 Å². The highest BCUT2D eigenvalue weighted by molar-refractivity contribution is 7.11. The molecule has 1 aromatic heterocycles. The van der Waals surface area contributed by atoms with Gasteiger partial charge in [-0.15, -0.1) is 11.3 Å². The van der Waals surface area contributed by atoms with Crippen LogP contribution in [-0.4, -0.2) is 19.4 Å². The minimum atomic E-state index is -0.259. The highest BCUT2D eigenvalue weighted by Gasteiger charge is 2.03. The third kappa shape index (κ3) is 5.48. The number of methoxy groups -OCH3 is 1. The quantitative estimate of drug-likeness (QED) is 0.560. The third-order valence-electron chi connectivity index (χ3n) is 1.18. The lowest BCUT2D eigenvalue weighted by molar-refractivity contribution is -0.110. The number of thiophene rings is 1. The summed E-state index contributed by atoms with van der Waals surface area (Å²) in [7, 11) is 1.38. The summed E-state index contributed by atoms with van der Waals surface area (Å²) in [6.45, 7) is 3.71. The second kappa shape index (κ2) is 7.26. The molecule has 1 heterocycles. The van der Waals surface area contributed by atoms with Gasteiger partial charge in [-0.2, -0.15) is 0 Å². The highest BCUT2D eigenvalue weighted by atomic mass is 32.1. The van der Waals surface area contributed by atoms with Crippen LogP contribution in [0.3, 0.4) is 0 Å². The van der Waals surface area contributed by atoms with E-state index in [0.717, 1.165) is 6.29 Å². The Balaban J connectivity index is 0.000000292. The molecule has 14 heavy (non-hydrogen) atoms. The molecule has 1 rings (SSSR count). The zero-order valence-corrected chi connectivity index (χ0v) is 9.34. The van der Waals surface area contributed by atoms with Gasteiger partial charge < -0.3 is 9.53 Å². The average molecular weight is 214 g/mol. The number of ether oxygens (including phenoxy) is 1. The van der Waals surface area contributed by atoms with E-state index in [1.54, 1.807) is 6.07 Å².